The third kappa shape index (κ3) is 5.17. The first-order chi connectivity index (χ1) is 13.5. The van der Waals surface area contributed by atoms with E-state index < -0.39 is 5.63 Å². The molecule has 0 saturated carbocycles. The molecule has 3 rings (SSSR count). The van der Waals surface area contributed by atoms with Crippen LogP contribution in [0.3, 0.4) is 0 Å². The molecule has 0 bridgehead atoms. The fourth-order valence-electron chi connectivity index (χ4n) is 2.52. The number of unbranched alkanes of at least 4 members (excludes halogenated alkanes) is 1. The number of fused-ring (bicyclic) bond motifs is 1. The molecule has 144 valence electrons. The van der Waals surface area contributed by atoms with Crippen LogP contribution in [0, 0.1) is 0 Å². The van der Waals surface area contributed by atoms with Crippen LogP contribution in [0.2, 0.25) is 0 Å². The lowest BCUT2D eigenvalue weighted by Gasteiger charge is -2.11. The summed E-state index contributed by atoms with van der Waals surface area (Å²) in [7, 11) is 0. The summed E-state index contributed by atoms with van der Waals surface area (Å²) in [5, 5.41) is 6.51. The summed E-state index contributed by atoms with van der Waals surface area (Å²) in [6, 6.07) is 15.1. The van der Waals surface area contributed by atoms with Gasteiger partial charge in [0.2, 0.25) is 0 Å². The Hall–Kier alpha value is -3.19. The van der Waals surface area contributed by atoms with Gasteiger partial charge in [0.1, 0.15) is 11.3 Å². The largest absolute Gasteiger partial charge is 0.494 e. The summed E-state index contributed by atoms with van der Waals surface area (Å²) in [4.78, 5) is 23.6. The van der Waals surface area contributed by atoms with Crippen LogP contribution in [0.5, 0.6) is 5.75 Å². The Labute approximate surface area is 167 Å². The minimum absolute atomic E-state index is 0.171. The molecule has 0 aliphatic rings. The van der Waals surface area contributed by atoms with E-state index in [0.29, 0.717) is 23.4 Å². The molecule has 0 aliphatic heterocycles. The van der Waals surface area contributed by atoms with Gasteiger partial charge in [0.05, 0.1) is 6.61 Å². The minimum atomic E-state index is -0.405. The van der Waals surface area contributed by atoms with Gasteiger partial charge in [-0.3, -0.25) is 10.1 Å². The molecule has 3 aromatic rings. The smallest absolute Gasteiger partial charge is 0.336 e. The average Bonchev–Trinajstić information content (AvgIpc) is 2.68. The van der Waals surface area contributed by atoms with Crippen LogP contribution in [-0.2, 0) is 0 Å². The SMILES string of the molecule is CCCCOc1ccc(C(=O)NC(=S)Nc2ccc3oc(=O)ccc3c2)cc1. The van der Waals surface area contributed by atoms with Crippen molar-refractivity contribution in [2.24, 2.45) is 0 Å². The molecule has 1 amide bonds. The number of thiocarbonyl (C=S) groups is 1. The van der Waals surface area contributed by atoms with Crippen molar-refractivity contribution in [1.29, 1.82) is 0 Å². The quantitative estimate of drug-likeness (QED) is 0.371. The summed E-state index contributed by atoms with van der Waals surface area (Å²) >= 11 is 5.21. The highest BCUT2D eigenvalue weighted by molar-refractivity contribution is 7.80. The molecule has 7 heteroatoms. The summed E-state index contributed by atoms with van der Waals surface area (Å²) < 4.78 is 10.7. The second-order valence-electron chi connectivity index (χ2n) is 6.14. The predicted octanol–water partition coefficient (Wildman–Crippen LogP) is 4.10. The van der Waals surface area contributed by atoms with Crippen LogP contribution >= 0.6 is 12.2 Å². The Bertz CT molecular complexity index is 1040. The van der Waals surface area contributed by atoms with E-state index in [4.69, 9.17) is 21.4 Å². The van der Waals surface area contributed by atoms with E-state index in [1.165, 1.54) is 6.07 Å². The van der Waals surface area contributed by atoms with E-state index in [9.17, 15) is 9.59 Å². The number of anilines is 1. The molecule has 0 atom stereocenters. The second kappa shape index (κ2) is 9.14. The maximum atomic E-state index is 12.3. The van der Waals surface area contributed by atoms with Crippen LogP contribution in [0.25, 0.3) is 11.0 Å². The topological polar surface area (TPSA) is 80.6 Å². The Morgan fingerprint density at radius 1 is 1.11 bits per heavy atom. The Morgan fingerprint density at radius 2 is 1.89 bits per heavy atom. The molecule has 1 aromatic heterocycles. The van der Waals surface area contributed by atoms with Gasteiger partial charge >= 0.3 is 5.63 Å². The number of hydrogen-bond acceptors (Lipinski definition) is 5. The van der Waals surface area contributed by atoms with Gasteiger partial charge in [-0.05, 0) is 67.2 Å². The van der Waals surface area contributed by atoms with Crippen molar-refractivity contribution in [2.45, 2.75) is 19.8 Å². The van der Waals surface area contributed by atoms with E-state index in [0.717, 1.165) is 24.0 Å². The zero-order chi connectivity index (χ0) is 19.9. The molecule has 0 unspecified atom stereocenters. The molecule has 0 spiro atoms. The van der Waals surface area contributed by atoms with Crippen molar-refractivity contribution in [2.75, 3.05) is 11.9 Å². The molecular formula is C21H20N2O4S. The summed E-state index contributed by atoms with van der Waals surface area (Å²) in [6.07, 6.45) is 2.06. The molecule has 0 saturated heterocycles. The third-order valence-corrected chi connectivity index (χ3v) is 4.19. The second-order valence-corrected chi connectivity index (χ2v) is 6.55. The highest BCUT2D eigenvalue weighted by Crippen LogP contribution is 2.18. The lowest BCUT2D eigenvalue weighted by molar-refractivity contribution is 0.0977. The van der Waals surface area contributed by atoms with Gasteiger partial charge in [-0.15, -0.1) is 0 Å². The normalized spacial score (nSPS) is 10.5. The Balaban J connectivity index is 1.59. The van der Waals surface area contributed by atoms with Gasteiger partial charge in [-0.25, -0.2) is 4.79 Å². The van der Waals surface area contributed by atoms with Crippen LogP contribution < -0.4 is 21.0 Å². The Morgan fingerprint density at radius 3 is 2.64 bits per heavy atom. The monoisotopic (exact) mass is 396 g/mol. The highest BCUT2D eigenvalue weighted by Gasteiger charge is 2.09. The van der Waals surface area contributed by atoms with Crippen molar-refractivity contribution in [3.05, 3.63) is 70.6 Å². The minimum Gasteiger partial charge on any atom is -0.494 e. The predicted molar refractivity (Wildman–Crippen MR) is 113 cm³/mol. The van der Waals surface area contributed by atoms with Crippen LogP contribution in [0.1, 0.15) is 30.1 Å². The summed E-state index contributed by atoms with van der Waals surface area (Å²) in [5.41, 5.74) is 1.23. The molecule has 1 heterocycles. The number of carbonyl (C=O) groups excluding carboxylic acids is 1. The van der Waals surface area contributed by atoms with Crippen molar-refractivity contribution in [3.8, 4) is 5.75 Å². The van der Waals surface area contributed by atoms with E-state index in [1.54, 1.807) is 48.5 Å². The van der Waals surface area contributed by atoms with Crippen LogP contribution in [-0.4, -0.2) is 17.6 Å². The summed E-state index contributed by atoms with van der Waals surface area (Å²) in [6.45, 7) is 2.76. The van der Waals surface area contributed by atoms with Gasteiger partial charge in [0.25, 0.3) is 5.91 Å². The number of hydrogen-bond donors (Lipinski definition) is 2. The molecule has 2 N–H and O–H groups in total. The highest BCUT2D eigenvalue weighted by atomic mass is 32.1. The zero-order valence-electron chi connectivity index (χ0n) is 15.4. The molecular weight excluding hydrogens is 376 g/mol. The maximum Gasteiger partial charge on any atom is 0.336 e. The molecule has 28 heavy (non-hydrogen) atoms. The number of nitrogens with one attached hydrogen (secondary N) is 2. The van der Waals surface area contributed by atoms with E-state index in [1.807, 2.05) is 0 Å². The van der Waals surface area contributed by atoms with Gasteiger partial charge in [-0.2, -0.15) is 0 Å². The van der Waals surface area contributed by atoms with Crippen molar-refractivity contribution in [3.63, 3.8) is 0 Å². The number of benzene rings is 2. The average molecular weight is 396 g/mol. The van der Waals surface area contributed by atoms with E-state index in [-0.39, 0.29) is 11.0 Å². The van der Waals surface area contributed by atoms with E-state index in [2.05, 4.69) is 17.6 Å². The van der Waals surface area contributed by atoms with Gasteiger partial charge < -0.3 is 14.5 Å². The first-order valence-electron chi connectivity index (χ1n) is 8.94. The van der Waals surface area contributed by atoms with Crippen molar-refractivity contribution >= 4 is 39.9 Å². The van der Waals surface area contributed by atoms with Crippen molar-refractivity contribution in [1.82, 2.24) is 5.32 Å². The molecule has 0 fully saturated rings. The maximum absolute atomic E-state index is 12.3. The fraction of sp³-hybridized carbons (Fsp3) is 0.190. The van der Waals surface area contributed by atoms with Crippen LogP contribution in [0.4, 0.5) is 5.69 Å². The number of amides is 1. The van der Waals surface area contributed by atoms with Crippen LogP contribution in [0.15, 0.2) is 63.8 Å². The first kappa shape index (κ1) is 19.6. The number of ether oxygens (including phenoxy) is 1. The number of carbonyl (C=O) groups is 1. The zero-order valence-corrected chi connectivity index (χ0v) is 16.2. The van der Waals surface area contributed by atoms with Crippen molar-refractivity contribution < 1.29 is 13.9 Å². The van der Waals surface area contributed by atoms with Gasteiger partial charge in [-0.1, -0.05) is 13.3 Å². The first-order valence-corrected chi connectivity index (χ1v) is 9.35. The van der Waals surface area contributed by atoms with Gasteiger partial charge in [0, 0.05) is 22.7 Å². The Kier molecular flexibility index (Phi) is 6.39. The number of rotatable bonds is 6. The lowest BCUT2D eigenvalue weighted by Crippen LogP contribution is -2.34. The standard InChI is InChI=1S/C21H20N2O4S/c1-2-3-12-26-17-8-4-14(5-9-17)20(25)23-21(28)22-16-7-10-18-15(13-16)6-11-19(24)27-18/h4-11,13H,2-3,12H2,1H3,(H2,22,23,25,28). The lowest BCUT2D eigenvalue weighted by atomic mass is 10.2. The molecule has 6 nitrogen and oxygen atoms in total. The molecule has 0 aliphatic carbocycles. The molecule has 2 aromatic carbocycles. The van der Waals surface area contributed by atoms with Gasteiger partial charge in [0.15, 0.2) is 5.11 Å². The third-order valence-electron chi connectivity index (χ3n) is 3.99. The molecule has 0 radical (unpaired) electrons. The fourth-order valence-corrected chi connectivity index (χ4v) is 2.73. The van der Waals surface area contributed by atoms with E-state index >= 15 is 0 Å². The summed E-state index contributed by atoms with van der Waals surface area (Å²) in [5.74, 6) is 0.415.